The van der Waals surface area contributed by atoms with Crippen LogP contribution in [0.25, 0.3) is 10.9 Å². The van der Waals surface area contributed by atoms with Gasteiger partial charge in [-0.2, -0.15) is 0 Å². The van der Waals surface area contributed by atoms with Gasteiger partial charge in [-0.3, -0.25) is 4.98 Å². The Kier molecular flexibility index (Phi) is 5.68. The molecule has 2 amide bonds. The number of anilines is 1. The van der Waals surface area contributed by atoms with Gasteiger partial charge in [0.25, 0.3) is 0 Å². The molecule has 1 aromatic heterocycles. The third kappa shape index (κ3) is 4.19. The highest BCUT2D eigenvalue weighted by atomic mass is 35.5. The van der Waals surface area contributed by atoms with Crippen molar-refractivity contribution < 1.29 is 4.79 Å². The smallest absolute Gasteiger partial charge is 0.318 e. The molecule has 1 atom stereocenters. The second-order valence-corrected chi connectivity index (χ2v) is 8.85. The van der Waals surface area contributed by atoms with Gasteiger partial charge in [0.15, 0.2) is 0 Å². The summed E-state index contributed by atoms with van der Waals surface area (Å²) in [6, 6.07) is 16.6. The number of aromatic nitrogens is 1. The van der Waals surface area contributed by atoms with E-state index < -0.39 is 0 Å². The lowest BCUT2D eigenvalue weighted by Crippen LogP contribution is -2.52. The van der Waals surface area contributed by atoms with Crippen LogP contribution < -0.4 is 10.2 Å². The van der Waals surface area contributed by atoms with Crippen molar-refractivity contribution in [3.8, 4) is 0 Å². The molecular formula is C25H27ClN4O. The molecule has 1 N–H and O–H groups in total. The Bertz CT molecular complexity index is 1090. The quantitative estimate of drug-likeness (QED) is 0.565. The number of urea groups is 1. The predicted octanol–water partition coefficient (Wildman–Crippen LogP) is 5.19. The number of pyridine rings is 1. The normalized spacial score (nSPS) is 19.1. The molecule has 5 nitrogen and oxygen atoms in total. The molecule has 1 unspecified atom stereocenters. The first-order valence-corrected chi connectivity index (χ1v) is 11.5. The highest BCUT2D eigenvalue weighted by Gasteiger charge is 2.26. The zero-order valence-corrected chi connectivity index (χ0v) is 18.3. The third-order valence-electron chi connectivity index (χ3n) is 6.51. The number of halogens is 1. The van der Waals surface area contributed by atoms with Crippen molar-refractivity contribution in [1.82, 2.24) is 15.2 Å². The van der Waals surface area contributed by atoms with Crippen molar-refractivity contribution in [3.63, 3.8) is 0 Å². The summed E-state index contributed by atoms with van der Waals surface area (Å²) < 4.78 is 0. The van der Waals surface area contributed by atoms with E-state index in [4.69, 9.17) is 11.6 Å². The van der Waals surface area contributed by atoms with E-state index in [0.29, 0.717) is 18.1 Å². The van der Waals surface area contributed by atoms with Crippen molar-refractivity contribution in [2.45, 2.75) is 31.7 Å². The average Bonchev–Trinajstić information content (AvgIpc) is 3.01. The molecule has 3 aromatic rings. The summed E-state index contributed by atoms with van der Waals surface area (Å²) in [6.45, 7) is 3.02. The lowest BCUT2D eigenvalue weighted by Gasteiger charge is -2.37. The van der Waals surface area contributed by atoms with Crippen LogP contribution in [-0.2, 0) is 6.42 Å². The van der Waals surface area contributed by atoms with Crippen molar-refractivity contribution >= 4 is 34.2 Å². The van der Waals surface area contributed by atoms with E-state index in [9.17, 15) is 4.79 Å². The van der Waals surface area contributed by atoms with Crippen LogP contribution >= 0.6 is 11.6 Å². The monoisotopic (exact) mass is 434 g/mol. The van der Waals surface area contributed by atoms with Crippen LogP contribution in [0.4, 0.5) is 10.5 Å². The Morgan fingerprint density at radius 1 is 1.03 bits per heavy atom. The van der Waals surface area contributed by atoms with Crippen LogP contribution in [0, 0.1) is 0 Å². The van der Waals surface area contributed by atoms with Crippen LogP contribution in [0.2, 0.25) is 5.02 Å². The number of benzene rings is 2. The van der Waals surface area contributed by atoms with Crippen molar-refractivity contribution in [3.05, 3.63) is 70.9 Å². The fourth-order valence-corrected chi connectivity index (χ4v) is 5.01. The molecule has 5 rings (SSSR count). The average molecular weight is 435 g/mol. The van der Waals surface area contributed by atoms with Gasteiger partial charge >= 0.3 is 6.03 Å². The fraction of sp³-hybridized carbons (Fsp3) is 0.360. The number of carbonyl (C=O) groups excluding carboxylic acids is 1. The summed E-state index contributed by atoms with van der Waals surface area (Å²) in [5, 5.41) is 5.11. The van der Waals surface area contributed by atoms with Gasteiger partial charge in [0.05, 0.1) is 11.6 Å². The Hall–Kier alpha value is -2.79. The maximum absolute atomic E-state index is 13.1. The fourth-order valence-electron chi connectivity index (χ4n) is 4.84. The molecule has 1 fully saturated rings. The van der Waals surface area contributed by atoms with E-state index in [1.807, 2.05) is 29.3 Å². The maximum atomic E-state index is 13.1. The number of nitrogens with one attached hydrogen (secondary N) is 1. The standard InChI is InChI=1S/C25H27ClN4O/c26-19-9-10-21-23(17-19)27-12-11-24(21)29-13-15-30(16-14-29)25(31)28-22-8-4-2-6-18-5-1-3-7-20(18)22/h1,3,5,7,9-12,17,22H,2,4,6,8,13-16H2,(H,28,31). The molecule has 2 heterocycles. The number of amides is 2. The topological polar surface area (TPSA) is 48.5 Å². The van der Waals surface area contributed by atoms with Crippen LogP contribution in [0.1, 0.15) is 36.4 Å². The van der Waals surface area contributed by atoms with Gasteiger partial charge in [-0.05, 0) is 54.7 Å². The molecule has 0 radical (unpaired) electrons. The maximum Gasteiger partial charge on any atom is 0.318 e. The second kappa shape index (κ2) is 8.75. The highest BCUT2D eigenvalue weighted by molar-refractivity contribution is 6.31. The molecule has 2 aliphatic rings. The first kappa shape index (κ1) is 20.1. The zero-order valence-electron chi connectivity index (χ0n) is 17.6. The molecule has 0 bridgehead atoms. The number of rotatable bonds is 2. The highest BCUT2D eigenvalue weighted by Crippen LogP contribution is 2.30. The Balaban J connectivity index is 1.26. The Labute approximate surface area is 188 Å². The third-order valence-corrected chi connectivity index (χ3v) is 6.74. The summed E-state index contributed by atoms with van der Waals surface area (Å²) in [7, 11) is 0. The number of hydrogen-bond donors (Lipinski definition) is 1. The van der Waals surface area contributed by atoms with Gasteiger partial charge in [-0.15, -0.1) is 0 Å². The molecule has 1 aliphatic heterocycles. The van der Waals surface area contributed by atoms with Gasteiger partial charge in [-0.25, -0.2) is 4.79 Å². The van der Waals surface area contributed by atoms with Gasteiger partial charge in [-0.1, -0.05) is 42.3 Å². The summed E-state index contributed by atoms with van der Waals surface area (Å²) in [5.41, 5.74) is 4.71. The van der Waals surface area contributed by atoms with E-state index in [2.05, 4.69) is 45.5 Å². The molecular weight excluding hydrogens is 408 g/mol. The van der Waals surface area contributed by atoms with Gasteiger partial charge in [0, 0.05) is 48.5 Å². The summed E-state index contributed by atoms with van der Waals surface area (Å²) in [6.07, 6.45) is 6.27. The summed E-state index contributed by atoms with van der Waals surface area (Å²) >= 11 is 6.13. The van der Waals surface area contributed by atoms with Gasteiger partial charge in [0.2, 0.25) is 0 Å². The van der Waals surface area contributed by atoms with Crippen LogP contribution in [0.15, 0.2) is 54.7 Å². The molecule has 160 valence electrons. The number of hydrogen-bond acceptors (Lipinski definition) is 3. The van der Waals surface area contributed by atoms with Crippen molar-refractivity contribution in [1.29, 1.82) is 0 Å². The molecule has 1 saturated heterocycles. The molecule has 0 saturated carbocycles. The molecule has 2 aromatic carbocycles. The molecule has 6 heteroatoms. The number of nitrogens with zero attached hydrogens (tertiary/aromatic N) is 3. The number of carbonyl (C=O) groups is 1. The van der Waals surface area contributed by atoms with Crippen LogP contribution in [0.3, 0.4) is 0 Å². The first-order valence-electron chi connectivity index (χ1n) is 11.1. The number of piperazine rings is 1. The first-order chi connectivity index (χ1) is 15.2. The zero-order chi connectivity index (χ0) is 21.2. The Morgan fingerprint density at radius 3 is 2.74 bits per heavy atom. The van der Waals surface area contributed by atoms with Gasteiger partial charge in [0.1, 0.15) is 0 Å². The van der Waals surface area contributed by atoms with Crippen molar-refractivity contribution in [2.75, 3.05) is 31.1 Å². The van der Waals surface area contributed by atoms with E-state index >= 15 is 0 Å². The minimum atomic E-state index is 0.0488. The SMILES string of the molecule is O=C(NC1CCCCc2ccccc21)N1CCN(c2ccnc3cc(Cl)ccc23)CC1. The molecule has 1 aliphatic carbocycles. The van der Waals surface area contributed by atoms with Crippen LogP contribution in [0.5, 0.6) is 0 Å². The van der Waals surface area contributed by atoms with E-state index in [1.54, 1.807) is 0 Å². The number of fused-ring (bicyclic) bond motifs is 2. The van der Waals surface area contributed by atoms with E-state index in [0.717, 1.165) is 48.9 Å². The van der Waals surface area contributed by atoms with Gasteiger partial charge < -0.3 is 15.1 Å². The molecule has 0 spiro atoms. The van der Waals surface area contributed by atoms with Crippen molar-refractivity contribution in [2.24, 2.45) is 0 Å². The summed E-state index contributed by atoms with van der Waals surface area (Å²) in [5.74, 6) is 0. The predicted molar refractivity (Wildman–Crippen MR) is 126 cm³/mol. The number of aryl methyl sites for hydroxylation is 1. The second-order valence-electron chi connectivity index (χ2n) is 8.41. The lowest BCUT2D eigenvalue weighted by molar-refractivity contribution is 0.189. The van der Waals surface area contributed by atoms with Crippen LogP contribution in [-0.4, -0.2) is 42.1 Å². The molecule has 31 heavy (non-hydrogen) atoms. The Morgan fingerprint density at radius 2 is 1.87 bits per heavy atom. The lowest BCUT2D eigenvalue weighted by atomic mass is 9.99. The van der Waals surface area contributed by atoms with E-state index in [1.165, 1.54) is 17.5 Å². The minimum Gasteiger partial charge on any atom is -0.367 e. The minimum absolute atomic E-state index is 0.0488. The largest absolute Gasteiger partial charge is 0.367 e. The summed E-state index contributed by atoms with van der Waals surface area (Å²) in [4.78, 5) is 21.8. The van der Waals surface area contributed by atoms with E-state index in [-0.39, 0.29) is 12.1 Å².